The Hall–Kier alpha value is -2.09. The van der Waals surface area contributed by atoms with Crippen LogP contribution >= 0.6 is 22.6 Å². The van der Waals surface area contributed by atoms with Gasteiger partial charge in [-0.1, -0.05) is 51.1 Å². The zero-order valence-corrected chi connectivity index (χ0v) is 19.4. The molecule has 6 heteroatoms. The Balaban J connectivity index is 2.14. The van der Waals surface area contributed by atoms with Gasteiger partial charge in [0.25, 0.3) is 5.91 Å². The molecule has 2 rings (SSSR count). The van der Waals surface area contributed by atoms with Crippen LogP contribution in [-0.4, -0.2) is 35.9 Å². The van der Waals surface area contributed by atoms with E-state index in [4.69, 9.17) is 4.74 Å². The van der Waals surface area contributed by atoms with Crippen LogP contribution in [-0.2, 0) is 16.1 Å². The molecule has 0 saturated carbocycles. The van der Waals surface area contributed by atoms with Gasteiger partial charge in [0.2, 0.25) is 5.91 Å². The summed E-state index contributed by atoms with van der Waals surface area (Å²) in [6.45, 7) is 6.85. The molecule has 0 spiro atoms. The molecule has 0 fully saturated rings. The Labute approximate surface area is 187 Å². The van der Waals surface area contributed by atoms with Gasteiger partial charge in [-0.15, -0.1) is 0 Å². The van der Waals surface area contributed by atoms with Crippen LogP contribution in [0.5, 0.6) is 5.75 Å². The predicted molar refractivity (Wildman–Crippen MR) is 124 cm³/mol. The topological polar surface area (TPSA) is 58.6 Å². The fourth-order valence-electron chi connectivity index (χ4n) is 2.88. The van der Waals surface area contributed by atoms with E-state index < -0.39 is 6.04 Å². The van der Waals surface area contributed by atoms with Gasteiger partial charge in [0.05, 0.1) is 0 Å². The number of nitrogens with zero attached hydrogens (tertiary/aromatic N) is 1. The van der Waals surface area contributed by atoms with Crippen molar-refractivity contribution in [1.82, 2.24) is 10.2 Å². The van der Waals surface area contributed by atoms with E-state index in [9.17, 15) is 9.59 Å². The highest BCUT2D eigenvalue weighted by atomic mass is 127. The van der Waals surface area contributed by atoms with Crippen LogP contribution in [0.1, 0.15) is 32.8 Å². The first-order valence-electron chi connectivity index (χ1n) is 9.90. The lowest BCUT2D eigenvalue weighted by Gasteiger charge is -2.30. The van der Waals surface area contributed by atoms with Crippen LogP contribution in [0.4, 0.5) is 0 Å². The highest BCUT2D eigenvalue weighted by Crippen LogP contribution is 2.16. The summed E-state index contributed by atoms with van der Waals surface area (Å²) in [4.78, 5) is 27.5. The van der Waals surface area contributed by atoms with Gasteiger partial charge in [0.15, 0.2) is 6.61 Å². The summed E-state index contributed by atoms with van der Waals surface area (Å²) in [5.74, 6) is 0.647. The number of carbonyl (C=O) groups excluding carboxylic acids is 2. The highest BCUT2D eigenvalue weighted by Gasteiger charge is 2.28. The first-order valence-corrected chi connectivity index (χ1v) is 11.0. The molecule has 0 aromatic heterocycles. The van der Waals surface area contributed by atoms with Crippen LogP contribution in [0.2, 0.25) is 0 Å². The highest BCUT2D eigenvalue weighted by molar-refractivity contribution is 14.1. The Morgan fingerprint density at radius 3 is 2.31 bits per heavy atom. The molecule has 0 radical (unpaired) electrons. The number of carbonyl (C=O) groups is 2. The molecular weight excluding hydrogens is 479 g/mol. The number of rotatable bonds is 10. The SMILES string of the molecule is CC[C@H](C(=O)NCC(C)C)N(Cc1ccccc1)C(=O)COc1ccc(I)cc1. The molecule has 2 aromatic carbocycles. The maximum absolute atomic E-state index is 13.1. The van der Waals surface area contributed by atoms with E-state index in [0.717, 1.165) is 9.13 Å². The Bertz CT molecular complexity index is 778. The van der Waals surface area contributed by atoms with Gasteiger partial charge in [-0.3, -0.25) is 9.59 Å². The summed E-state index contributed by atoms with van der Waals surface area (Å²) < 4.78 is 6.78. The van der Waals surface area contributed by atoms with Crippen molar-refractivity contribution in [2.24, 2.45) is 5.92 Å². The lowest BCUT2D eigenvalue weighted by atomic mass is 10.1. The molecule has 0 saturated heterocycles. The van der Waals surface area contributed by atoms with Crippen molar-refractivity contribution in [2.75, 3.05) is 13.2 Å². The Morgan fingerprint density at radius 1 is 1.07 bits per heavy atom. The van der Waals surface area contributed by atoms with E-state index in [2.05, 4.69) is 27.9 Å². The molecule has 0 aliphatic carbocycles. The van der Waals surface area contributed by atoms with E-state index in [1.807, 2.05) is 75.4 Å². The minimum Gasteiger partial charge on any atom is -0.484 e. The molecule has 2 amide bonds. The van der Waals surface area contributed by atoms with E-state index in [1.165, 1.54) is 0 Å². The number of hydrogen-bond donors (Lipinski definition) is 1. The van der Waals surface area contributed by atoms with Gasteiger partial charge in [0.1, 0.15) is 11.8 Å². The number of halogens is 1. The molecule has 0 bridgehead atoms. The minimum absolute atomic E-state index is 0.110. The van der Waals surface area contributed by atoms with E-state index in [0.29, 0.717) is 31.2 Å². The van der Waals surface area contributed by atoms with E-state index in [-0.39, 0.29) is 18.4 Å². The van der Waals surface area contributed by atoms with Crippen molar-refractivity contribution in [3.63, 3.8) is 0 Å². The molecule has 0 heterocycles. The lowest BCUT2D eigenvalue weighted by molar-refractivity contribution is -0.143. The van der Waals surface area contributed by atoms with E-state index >= 15 is 0 Å². The van der Waals surface area contributed by atoms with Gasteiger partial charge >= 0.3 is 0 Å². The van der Waals surface area contributed by atoms with Crippen LogP contribution in [0.3, 0.4) is 0 Å². The first kappa shape index (κ1) is 23.2. The van der Waals surface area contributed by atoms with Crippen molar-refractivity contribution in [3.8, 4) is 5.75 Å². The quantitative estimate of drug-likeness (QED) is 0.489. The normalized spacial score (nSPS) is 11.8. The Kier molecular flexibility index (Phi) is 9.44. The summed E-state index contributed by atoms with van der Waals surface area (Å²) in [6.07, 6.45) is 0.534. The zero-order valence-electron chi connectivity index (χ0n) is 17.2. The second-order valence-electron chi connectivity index (χ2n) is 7.31. The fourth-order valence-corrected chi connectivity index (χ4v) is 3.24. The molecule has 5 nitrogen and oxygen atoms in total. The van der Waals surface area contributed by atoms with Crippen LogP contribution in [0.15, 0.2) is 54.6 Å². The van der Waals surface area contributed by atoms with Crippen LogP contribution in [0, 0.1) is 9.49 Å². The lowest BCUT2D eigenvalue weighted by Crippen LogP contribution is -2.50. The van der Waals surface area contributed by atoms with Gasteiger partial charge in [0, 0.05) is 16.7 Å². The average Bonchev–Trinajstić information content (AvgIpc) is 2.72. The second-order valence-corrected chi connectivity index (χ2v) is 8.56. The third kappa shape index (κ3) is 7.68. The van der Waals surface area contributed by atoms with Crippen molar-refractivity contribution < 1.29 is 14.3 Å². The molecule has 1 atom stereocenters. The number of nitrogens with one attached hydrogen (secondary N) is 1. The summed E-state index contributed by atoms with van der Waals surface area (Å²) >= 11 is 2.22. The summed E-state index contributed by atoms with van der Waals surface area (Å²) in [5, 5.41) is 2.96. The fraction of sp³-hybridized carbons (Fsp3) is 0.391. The molecule has 29 heavy (non-hydrogen) atoms. The Morgan fingerprint density at radius 2 is 1.72 bits per heavy atom. The van der Waals surface area contributed by atoms with Gasteiger partial charge in [-0.05, 0) is 64.8 Å². The number of ether oxygens (including phenoxy) is 1. The van der Waals surface area contributed by atoms with E-state index in [1.54, 1.807) is 4.90 Å². The smallest absolute Gasteiger partial charge is 0.261 e. The summed E-state index contributed by atoms with van der Waals surface area (Å²) in [7, 11) is 0. The van der Waals surface area contributed by atoms with Crippen LogP contribution < -0.4 is 10.1 Å². The second kappa shape index (κ2) is 11.8. The maximum Gasteiger partial charge on any atom is 0.261 e. The summed E-state index contributed by atoms with van der Waals surface area (Å²) in [6, 6.07) is 16.7. The van der Waals surface area contributed by atoms with Crippen molar-refractivity contribution >= 4 is 34.4 Å². The van der Waals surface area contributed by atoms with Gasteiger partial charge in [-0.25, -0.2) is 0 Å². The molecule has 0 unspecified atom stereocenters. The standard InChI is InChI=1S/C23H29IN2O3/c1-4-21(23(28)25-14-17(2)3)26(15-18-8-6-5-7-9-18)22(27)16-29-20-12-10-19(24)11-13-20/h5-13,17,21H,4,14-16H2,1-3H3,(H,25,28)/t21-/m1/s1. The van der Waals surface area contributed by atoms with Crippen molar-refractivity contribution in [1.29, 1.82) is 0 Å². The number of benzene rings is 2. The van der Waals surface area contributed by atoms with Crippen LogP contribution in [0.25, 0.3) is 0 Å². The van der Waals surface area contributed by atoms with Gasteiger partial charge < -0.3 is 15.0 Å². The molecule has 0 aliphatic rings. The third-order valence-electron chi connectivity index (χ3n) is 4.44. The van der Waals surface area contributed by atoms with Crippen molar-refractivity contribution in [2.45, 2.75) is 39.8 Å². The molecule has 2 aromatic rings. The summed E-state index contributed by atoms with van der Waals surface area (Å²) in [5.41, 5.74) is 0.977. The van der Waals surface area contributed by atoms with Gasteiger partial charge in [-0.2, -0.15) is 0 Å². The van der Waals surface area contributed by atoms with Crippen molar-refractivity contribution in [3.05, 3.63) is 63.7 Å². The third-order valence-corrected chi connectivity index (χ3v) is 5.16. The molecule has 156 valence electrons. The first-order chi connectivity index (χ1) is 13.9. The maximum atomic E-state index is 13.1. The largest absolute Gasteiger partial charge is 0.484 e. The zero-order chi connectivity index (χ0) is 21.2. The predicted octanol–water partition coefficient (Wildman–Crippen LogP) is 4.25. The molecule has 1 N–H and O–H groups in total. The molecular formula is C23H29IN2O3. The monoisotopic (exact) mass is 508 g/mol. The minimum atomic E-state index is -0.540. The molecule has 0 aliphatic heterocycles. The number of amides is 2. The number of hydrogen-bond acceptors (Lipinski definition) is 3. The average molecular weight is 508 g/mol.